The number of carbonyl (C=O) groups is 1. The van der Waals surface area contributed by atoms with Crippen molar-refractivity contribution in [2.24, 2.45) is 0 Å². The molecule has 0 radical (unpaired) electrons. The van der Waals surface area contributed by atoms with Crippen LogP contribution in [0.3, 0.4) is 0 Å². The lowest BCUT2D eigenvalue weighted by atomic mass is 10.1. The summed E-state index contributed by atoms with van der Waals surface area (Å²) < 4.78 is 5.25. The van der Waals surface area contributed by atoms with Gasteiger partial charge in [0.1, 0.15) is 6.61 Å². The molecule has 0 aliphatic heterocycles. The van der Waals surface area contributed by atoms with Crippen LogP contribution in [0.2, 0.25) is 0 Å². The fourth-order valence-corrected chi connectivity index (χ4v) is 1.50. The molecule has 0 aromatic carbocycles. The second kappa shape index (κ2) is 3.22. The molecular formula is C8H14O3. The maximum atomic E-state index is 10.2. The number of aliphatic carboxylic acids is 1. The molecule has 1 N–H and O–H groups in total. The third-order valence-electron chi connectivity index (χ3n) is 2.21. The predicted octanol–water partition coefficient (Wildman–Crippen LogP) is 1.42. The van der Waals surface area contributed by atoms with Gasteiger partial charge >= 0.3 is 5.97 Å². The summed E-state index contributed by atoms with van der Waals surface area (Å²) in [5.74, 6) is -0.877. The van der Waals surface area contributed by atoms with Gasteiger partial charge in [0.25, 0.3) is 0 Å². The van der Waals surface area contributed by atoms with Crippen LogP contribution in [0.15, 0.2) is 0 Å². The van der Waals surface area contributed by atoms with Crippen LogP contribution in [0.5, 0.6) is 0 Å². The Labute approximate surface area is 66.4 Å². The quantitative estimate of drug-likeness (QED) is 0.675. The first kappa shape index (κ1) is 8.53. The van der Waals surface area contributed by atoms with Crippen LogP contribution in [0.1, 0.15) is 32.6 Å². The number of hydrogen-bond donors (Lipinski definition) is 1. The molecule has 64 valence electrons. The largest absolute Gasteiger partial charge is 0.480 e. The molecule has 0 spiro atoms. The Bertz CT molecular complexity index is 147. The summed E-state index contributed by atoms with van der Waals surface area (Å²) in [6.45, 7) is 1.83. The van der Waals surface area contributed by atoms with Crippen molar-refractivity contribution < 1.29 is 14.6 Å². The second-order valence-corrected chi connectivity index (χ2v) is 3.34. The Morgan fingerprint density at radius 1 is 1.55 bits per heavy atom. The van der Waals surface area contributed by atoms with Gasteiger partial charge in [0.15, 0.2) is 0 Å². The summed E-state index contributed by atoms with van der Waals surface area (Å²) >= 11 is 0. The summed E-state index contributed by atoms with van der Waals surface area (Å²) in [7, 11) is 0. The molecule has 0 bridgehead atoms. The molecule has 0 atom stereocenters. The molecule has 0 unspecified atom stereocenters. The maximum Gasteiger partial charge on any atom is 0.329 e. The van der Waals surface area contributed by atoms with E-state index in [1.807, 2.05) is 6.92 Å². The maximum absolute atomic E-state index is 10.2. The van der Waals surface area contributed by atoms with Gasteiger partial charge in [-0.05, 0) is 19.8 Å². The van der Waals surface area contributed by atoms with Gasteiger partial charge in [-0.2, -0.15) is 0 Å². The number of carboxylic acid groups (broad SMARTS) is 1. The molecule has 1 saturated carbocycles. The first-order chi connectivity index (χ1) is 5.12. The fraction of sp³-hybridized carbons (Fsp3) is 0.875. The minimum atomic E-state index is -0.877. The van der Waals surface area contributed by atoms with Crippen LogP contribution < -0.4 is 0 Å². The van der Waals surface area contributed by atoms with Gasteiger partial charge < -0.3 is 9.84 Å². The first-order valence-electron chi connectivity index (χ1n) is 3.98. The van der Waals surface area contributed by atoms with Crippen LogP contribution in [0.25, 0.3) is 0 Å². The highest BCUT2D eigenvalue weighted by molar-refractivity contribution is 5.68. The molecule has 1 aliphatic rings. The van der Waals surface area contributed by atoms with Crippen LogP contribution in [0, 0.1) is 0 Å². The average molecular weight is 158 g/mol. The lowest BCUT2D eigenvalue weighted by molar-refractivity contribution is -0.148. The Balaban J connectivity index is 2.28. The summed E-state index contributed by atoms with van der Waals surface area (Å²) in [5.41, 5.74) is -0.154. The van der Waals surface area contributed by atoms with Crippen molar-refractivity contribution in [1.82, 2.24) is 0 Å². The average Bonchev–Trinajstić information content (AvgIpc) is 2.33. The van der Waals surface area contributed by atoms with Gasteiger partial charge in [-0.1, -0.05) is 12.8 Å². The van der Waals surface area contributed by atoms with Crippen molar-refractivity contribution in [2.45, 2.75) is 38.2 Å². The summed E-state index contributed by atoms with van der Waals surface area (Å²) in [5, 5.41) is 8.36. The van der Waals surface area contributed by atoms with E-state index < -0.39 is 5.97 Å². The highest BCUT2D eigenvalue weighted by Gasteiger charge is 2.29. The monoisotopic (exact) mass is 158 g/mol. The standard InChI is InChI=1S/C8H14O3/c1-8(4-2-3-5-8)11-6-7(9)10/h2-6H2,1H3,(H,9,10). The van der Waals surface area contributed by atoms with Crippen LogP contribution in [-0.4, -0.2) is 23.3 Å². The van der Waals surface area contributed by atoms with E-state index in [-0.39, 0.29) is 12.2 Å². The molecule has 0 heterocycles. The fourth-order valence-electron chi connectivity index (χ4n) is 1.50. The third-order valence-corrected chi connectivity index (χ3v) is 2.21. The molecular weight excluding hydrogens is 144 g/mol. The molecule has 3 nitrogen and oxygen atoms in total. The van der Waals surface area contributed by atoms with Crippen molar-refractivity contribution in [2.75, 3.05) is 6.61 Å². The third kappa shape index (κ3) is 2.50. The van der Waals surface area contributed by atoms with Crippen molar-refractivity contribution in [3.8, 4) is 0 Å². The number of rotatable bonds is 3. The van der Waals surface area contributed by atoms with Gasteiger partial charge in [0.05, 0.1) is 5.60 Å². The van der Waals surface area contributed by atoms with E-state index in [4.69, 9.17) is 9.84 Å². The molecule has 0 amide bonds. The zero-order chi connectivity index (χ0) is 8.32. The van der Waals surface area contributed by atoms with Gasteiger partial charge in [-0.15, -0.1) is 0 Å². The van der Waals surface area contributed by atoms with Crippen LogP contribution in [-0.2, 0) is 9.53 Å². The lowest BCUT2D eigenvalue weighted by Gasteiger charge is -2.22. The zero-order valence-electron chi connectivity index (χ0n) is 6.80. The Morgan fingerprint density at radius 3 is 2.55 bits per heavy atom. The molecule has 1 fully saturated rings. The first-order valence-corrected chi connectivity index (χ1v) is 3.98. The minimum absolute atomic E-state index is 0.154. The molecule has 0 saturated heterocycles. The van der Waals surface area contributed by atoms with Gasteiger partial charge in [0, 0.05) is 0 Å². The minimum Gasteiger partial charge on any atom is -0.480 e. The molecule has 3 heteroatoms. The molecule has 0 aromatic rings. The topological polar surface area (TPSA) is 46.5 Å². The Morgan fingerprint density at radius 2 is 2.09 bits per heavy atom. The van der Waals surface area contributed by atoms with Crippen molar-refractivity contribution in [3.63, 3.8) is 0 Å². The van der Waals surface area contributed by atoms with Gasteiger partial charge in [0.2, 0.25) is 0 Å². The second-order valence-electron chi connectivity index (χ2n) is 3.34. The Hall–Kier alpha value is -0.570. The number of carboxylic acids is 1. The van der Waals surface area contributed by atoms with Gasteiger partial charge in [-0.3, -0.25) is 0 Å². The van der Waals surface area contributed by atoms with Crippen LogP contribution in [0.4, 0.5) is 0 Å². The van der Waals surface area contributed by atoms with E-state index in [0.29, 0.717) is 0 Å². The normalized spacial score (nSPS) is 21.9. The molecule has 0 aromatic heterocycles. The molecule has 1 rings (SSSR count). The lowest BCUT2D eigenvalue weighted by Crippen LogP contribution is -2.27. The summed E-state index contributed by atoms with van der Waals surface area (Å²) in [6.07, 6.45) is 4.33. The highest BCUT2D eigenvalue weighted by Crippen LogP contribution is 2.32. The van der Waals surface area contributed by atoms with E-state index in [1.165, 1.54) is 0 Å². The zero-order valence-corrected chi connectivity index (χ0v) is 6.80. The SMILES string of the molecule is CC1(OCC(=O)O)CCCC1. The Kier molecular flexibility index (Phi) is 2.49. The summed E-state index contributed by atoms with van der Waals surface area (Å²) in [6, 6.07) is 0. The van der Waals surface area contributed by atoms with E-state index >= 15 is 0 Å². The molecule has 1 aliphatic carbocycles. The van der Waals surface area contributed by atoms with E-state index in [0.717, 1.165) is 25.7 Å². The van der Waals surface area contributed by atoms with Crippen molar-refractivity contribution in [3.05, 3.63) is 0 Å². The van der Waals surface area contributed by atoms with Crippen molar-refractivity contribution >= 4 is 5.97 Å². The van der Waals surface area contributed by atoms with E-state index in [1.54, 1.807) is 0 Å². The van der Waals surface area contributed by atoms with E-state index in [9.17, 15) is 4.79 Å². The van der Waals surface area contributed by atoms with E-state index in [2.05, 4.69) is 0 Å². The summed E-state index contributed by atoms with van der Waals surface area (Å²) in [4.78, 5) is 10.2. The highest BCUT2D eigenvalue weighted by atomic mass is 16.5. The number of hydrogen-bond acceptors (Lipinski definition) is 2. The number of ether oxygens (including phenoxy) is 1. The molecule has 11 heavy (non-hydrogen) atoms. The predicted molar refractivity (Wildman–Crippen MR) is 40.5 cm³/mol. The smallest absolute Gasteiger partial charge is 0.329 e. The van der Waals surface area contributed by atoms with Gasteiger partial charge in [-0.25, -0.2) is 4.79 Å². The van der Waals surface area contributed by atoms with Crippen LogP contribution >= 0.6 is 0 Å². The van der Waals surface area contributed by atoms with Crippen molar-refractivity contribution in [1.29, 1.82) is 0 Å².